The first-order valence-electron chi connectivity index (χ1n) is 7.02. The molecular formula is C14H30N2. The van der Waals surface area contributed by atoms with Crippen molar-refractivity contribution in [2.45, 2.75) is 59.5 Å². The molecule has 0 bridgehead atoms. The summed E-state index contributed by atoms with van der Waals surface area (Å²) in [5, 5.41) is 3.66. The van der Waals surface area contributed by atoms with Gasteiger partial charge in [0, 0.05) is 25.2 Å². The quantitative estimate of drug-likeness (QED) is 0.684. The smallest absolute Gasteiger partial charge is 0.0223 e. The molecular weight excluding hydrogens is 196 g/mol. The maximum Gasteiger partial charge on any atom is 0.0223 e. The summed E-state index contributed by atoms with van der Waals surface area (Å²) in [4.78, 5) is 2.64. The van der Waals surface area contributed by atoms with Gasteiger partial charge in [-0.15, -0.1) is 0 Å². The SMILES string of the molecule is CCNC(CN(CC(C)C)C(C)C)C1CC1. The van der Waals surface area contributed by atoms with E-state index in [0.29, 0.717) is 6.04 Å². The normalized spacial score (nSPS) is 18.8. The second-order valence-corrected chi connectivity index (χ2v) is 5.94. The van der Waals surface area contributed by atoms with E-state index in [1.165, 1.54) is 25.9 Å². The summed E-state index contributed by atoms with van der Waals surface area (Å²) in [5.41, 5.74) is 0. The van der Waals surface area contributed by atoms with E-state index in [9.17, 15) is 0 Å². The minimum atomic E-state index is 0.669. The number of nitrogens with one attached hydrogen (secondary N) is 1. The Morgan fingerprint density at radius 1 is 1.12 bits per heavy atom. The molecule has 2 nitrogen and oxygen atoms in total. The first-order valence-corrected chi connectivity index (χ1v) is 7.02. The summed E-state index contributed by atoms with van der Waals surface area (Å²) >= 11 is 0. The number of hydrogen-bond donors (Lipinski definition) is 1. The van der Waals surface area contributed by atoms with Crippen molar-refractivity contribution >= 4 is 0 Å². The molecule has 0 aromatic rings. The lowest BCUT2D eigenvalue weighted by Crippen LogP contribution is -2.46. The molecule has 1 atom stereocenters. The number of rotatable bonds is 8. The van der Waals surface area contributed by atoms with Crippen LogP contribution in [0.2, 0.25) is 0 Å². The van der Waals surface area contributed by atoms with E-state index in [1.54, 1.807) is 0 Å². The van der Waals surface area contributed by atoms with Crippen molar-refractivity contribution in [1.82, 2.24) is 10.2 Å². The molecule has 1 fully saturated rings. The molecule has 1 aliphatic rings. The van der Waals surface area contributed by atoms with Crippen molar-refractivity contribution in [3.05, 3.63) is 0 Å². The van der Waals surface area contributed by atoms with Gasteiger partial charge < -0.3 is 5.32 Å². The Bertz CT molecular complexity index is 185. The standard InChI is InChI=1S/C14H30N2/c1-6-15-14(13-7-8-13)10-16(12(4)5)9-11(2)3/h11-15H,6-10H2,1-5H3. The van der Waals surface area contributed by atoms with Gasteiger partial charge in [-0.1, -0.05) is 20.8 Å². The van der Waals surface area contributed by atoms with E-state index in [4.69, 9.17) is 0 Å². The van der Waals surface area contributed by atoms with Crippen molar-refractivity contribution in [2.75, 3.05) is 19.6 Å². The summed E-state index contributed by atoms with van der Waals surface area (Å²) in [6, 6.07) is 1.40. The van der Waals surface area contributed by atoms with Crippen LogP contribution in [0.1, 0.15) is 47.5 Å². The van der Waals surface area contributed by atoms with Crippen LogP contribution >= 0.6 is 0 Å². The maximum atomic E-state index is 3.66. The molecule has 0 aliphatic heterocycles. The van der Waals surface area contributed by atoms with Gasteiger partial charge in [-0.3, -0.25) is 4.90 Å². The van der Waals surface area contributed by atoms with Crippen molar-refractivity contribution in [3.8, 4) is 0 Å². The fourth-order valence-corrected chi connectivity index (χ4v) is 2.36. The lowest BCUT2D eigenvalue weighted by atomic mass is 10.1. The van der Waals surface area contributed by atoms with Gasteiger partial charge in [0.15, 0.2) is 0 Å². The van der Waals surface area contributed by atoms with Crippen LogP contribution in [-0.4, -0.2) is 36.6 Å². The summed E-state index contributed by atoms with van der Waals surface area (Å²) in [6.45, 7) is 15.0. The second kappa shape index (κ2) is 6.61. The first kappa shape index (κ1) is 14.0. The number of likely N-dealkylation sites (N-methyl/N-ethyl adjacent to an activating group) is 1. The Balaban J connectivity index is 2.43. The summed E-state index contributed by atoms with van der Waals surface area (Å²) < 4.78 is 0. The molecule has 96 valence electrons. The van der Waals surface area contributed by atoms with Crippen LogP contribution in [0.15, 0.2) is 0 Å². The lowest BCUT2D eigenvalue weighted by molar-refractivity contribution is 0.170. The van der Waals surface area contributed by atoms with E-state index in [1.807, 2.05) is 0 Å². The van der Waals surface area contributed by atoms with Crippen LogP contribution in [0.4, 0.5) is 0 Å². The Kier molecular flexibility index (Phi) is 5.77. The molecule has 0 saturated heterocycles. The fourth-order valence-electron chi connectivity index (χ4n) is 2.36. The van der Waals surface area contributed by atoms with Gasteiger partial charge in [-0.25, -0.2) is 0 Å². The molecule has 1 rings (SSSR count). The molecule has 1 unspecified atom stereocenters. The minimum Gasteiger partial charge on any atom is -0.313 e. The number of hydrogen-bond acceptors (Lipinski definition) is 2. The van der Waals surface area contributed by atoms with Crippen LogP contribution in [0.3, 0.4) is 0 Å². The third-order valence-corrected chi connectivity index (χ3v) is 3.42. The minimum absolute atomic E-state index is 0.669. The zero-order valence-electron chi connectivity index (χ0n) is 11.8. The van der Waals surface area contributed by atoms with Gasteiger partial charge in [-0.05, 0) is 45.1 Å². The predicted molar refractivity (Wildman–Crippen MR) is 71.7 cm³/mol. The maximum absolute atomic E-state index is 3.66. The highest BCUT2D eigenvalue weighted by atomic mass is 15.2. The van der Waals surface area contributed by atoms with E-state index < -0.39 is 0 Å². The highest BCUT2D eigenvalue weighted by Crippen LogP contribution is 2.33. The Labute approximate surface area is 102 Å². The molecule has 1 N–H and O–H groups in total. The highest BCUT2D eigenvalue weighted by molar-refractivity contribution is 4.89. The molecule has 0 aromatic carbocycles. The average Bonchev–Trinajstić information content (AvgIpc) is 2.98. The molecule has 1 aliphatic carbocycles. The molecule has 1 saturated carbocycles. The van der Waals surface area contributed by atoms with Crippen LogP contribution in [0.5, 0.6) is 0 Å². The molecule has 16 heavy (non-hydrogen) atoms. The molecule has 0 amide bonds. The largest absolute Gasteiger partial charge is 0.313 e. The molecule has 0 spiro atoms. The van der Waals surface area contributed by atoms with Crippen molar-refractivity contribution in [3.63, 3.8) is 0 Å². The lowest BCUT2D eigenvalue weighted by Gasteiger charge is -2.32. The third-order valence-electron chi connectivity index (χ3n) is 3.42. The van der Waals surface area contributed by atoms with Gasteiger partial charge >= 0.3 is 0 Å². The Morgan fingerprint density at radius 3 is 2.12 bits per heavy atom. The van der Waals surface area contributed by atoms with E-state index in [2.05, 4.69) is 44.8 Å². The predicted octanol–water partition coefficient (Wildman–Crippen LogP) is 2.74. The molecule has 0 heterocycles. The van der Waals surface area contributed by atoms with Crippen molar-refractivity contribution < 1.29 is 0 Å². The van der Waals surface area contributed by atoms with E-state index in [0.717, 1.165) is 24.4 Å². The van der Waals surface area contributed by atoms with Crippen molar-refractivity contribution in [2.24, 2.45) is 11.8 Å². The van der Waals surface area contributed by atoms with Gasteiger partial charge in [0.1, 0.15) is 0 Å². The van der Waals surface area contributed by atoms with Crippen LogP contribution in [-0.2, 0) is 0 Å². The zero-order chi connectivity index (χ0) is 12.1. The fraction of sp³-hybridized carbons (Fsp3) is 1.00. The van der Waals surface area contributed by atoms with Gasteiger partial charge in [0.05, 0.1) is 0 Å². The molecule has 2 heteroatoms. The van der Waals surface area contributed by atoms with Gasteiger partial charge in [-0.2, -0.15) is 0 Å². The number of nitrogens with zero attached hydrogens (tertiary/aromatic N) is 1. The molecule has 0 radical (unpaired) electrons. The topological polar surface area (TPSA) is 15.3 Å². The second-order valence-electron chi connectivity index (χ2n) is 5.94. The van der Waals surface area contributed by atoms with Crippen LogP contribution in [0.25, 0.3) is 0 Å². The summed E-state index contributed by atoms with van der Waals surface area (Å²) in [6.07, 6.45) is 2.87. The Hall–Kier alpha value is -0.0800. The summed E-state index contributed by atoms with van der Waals surface area (Å²) in [5.74, 6) is 1.72. The van der Waals surface area contributed by atoms with Crippen LogP contribution < -0.4 is 5.32 Å². The average molecular weight is 226 g/mol. The van der Waals surface area contributed by atoms with Gasteiger partial charge in [0.25, 0.3) is 0 Å². The van der Waals surface area contributed by atoms with E-state index >= 15 is 0 Å². The van der Waals surface area contributed by atoms with Crippen molar-refractivity contribution in [1.29, 1.82) is 0 Å². The Morgan fingerprint density at radius 2 is 1.75 bits per heavy atom. The monoisotopic (exact) mass is 226 g/mol. The summed E-state index contributed by atoms with van der Waals surface area (Å²) in [7, 11) is 0. The van der Waals surface area contributed by atoms with Gasteiger partial charge in [0.2, 0.25) is 0 Å². The zero-order valence-corrected chi connectivity index (χ0v) is 11.8. The third kappa shape index (κ3) is 4.84. The highest BCUT2D eigenvalue weighted by Gasteiger charge is 2.32. The van der Waals surface area contributed by atoms with E-state index in [-0.39, 0.29) is 0 Å². The molecule has 0 aromatic heterocycles. The first-order chi connectivity index (χ1) is 7.54. The van der Waals surface area contributed by atoms with Crippen LogP contribution in [0, 0.1) is 11.8 Å².